The predicted molar refractivity (Wildman–Crippen MR) is 117 cm³/mol. The summed E-state index contributed by atoms with van der Waals surface area (Å²) in [7, 11) is 0. The SMILES string of the molecule is N#CCN1CCC[C@H](c2cccc(Nc3nc(C(=O)NCc4ccnnc4)cs3)n2)C1. The second kappa shape index (κ2) is 10.1. The number of anilines is 2. The van der Waals surface area contributed by atoms with E-state index in [4.69, 9.17) is 10.2 Å². The first-order valence-corrected chi connectivity index (χ1v) is 10.9. The molecular formula is C21H22N8OS. The lowest BCUT2D eigenvalue weighted by molar-refractivity contribution is 0.0946. The van der Waals surface area contributed by atoms with Crippen molar-refractivity contribution in [2.45, 2.75) is 25.3 Å². The molecule has 9 nitrogen and oxygen atoms in total. The number of amides is 1. The Balaban J connectivity index is 1.37. The summed E-state index contributed by atoms with van der Waals surface area (Å²) in [5.41, 5.74) is 2.23. The Bertz CT molecular complexity index is 1060. The van der Waals surface area contributed by atoms with E-state index in [0.29, 0.717) is 35.7 Å². The number of rotatable bonds is 7. The third-order valence-corrected chi connectivity index (χ3v) is 5.82. The van der Waals surface area contributed by atoms with Crippen LogP contribution < -0.4 is 10.6 Å². The Morgan fingerprint density at radius 2 is 2.23 bits per heavy atom. The number of hydrogen-bond acceptors (Lipinski definition) is 9. The lowest BCUT2D eigenvalue weighted by atomic mass is 9.94. The predicted octanol–water partition coefficient (Wildman–Crippen LogP) is 2.70. The smallest absolute Gasteiger partial charge is 0.271 e. The van der Waals surface area contributed by atoms with Crippen LogP contribution in [0.3, 0.4) is 0 Å². The van der Waals surface area contributed by atoms with Crippen LogP contribution in [0.1, 0.15) is 40.5 Å². The molecule has 4 heterocycles. The van der Waals surface area contributed by atoms with Gasteiger partial charge in [-0.1, -0.05) is 6.07 Å². The highest BCUT2D eigenvalue weighted by Gasteiger charge is 2.22. The van der Waals surface area contributed by atoms with Gasteiger partial charge in [0.2, 0.25) is 0 Å². The van der Waals surface area contributed by atoms with Crippen LogP contribution in [0.2, 0.25) is 0 Å². The monoisotopic (exact) mass is 434 g/mol. The summed E-state index contributed by atoms with van der Waals surface area (Å²) in [6.07, 6.45) is 5.32. The molecule has 1 aliphatic rings. The molecule has 0 aromatic carbocycles. The van der Waals surface area contributed by atoms with E-state index < -0.39 is 0 Å². The highest BCUT2D eigenvalue weighted by molar-refractivity contribution is 7.14. The zero-order chi connectivity index (χ0) is 21.5. The van der Waals surface area contributed by atoms with Crippen LogP contribution in [0.15, 0.2) is 42.0 Å². The van der Waals surface area contributed by atoms with Gasteiger partial charge in [0, 0.05) is 36.3 Å². The number of nitrogens with one attached hydrogen (secondary N) is 2. The molecule has 1 amide bonds. The number of pyridine rings is 1. The molecule has 1 atom stereocenters. The quantitative estimate of drug-likeness (QED) is 0.545. The minimum absolute atomic E-state index is 0.248. The first-order valence-electron chi connectivity index (χ1n) is 10.0. The van der Waals surface area contributed by atoms with Gasteiger partial charge >= 0.3 is 0 Å². The molecule has 0 saturated carbocycles. The molecular weight excluding hydrogens is 412 g/mol. The number of aromatic nitrogens is 4. The van der Waals surface area contributed by atoms with Gasteiger partial charge in [0.05, 0.1) is 18.8 Å². The van der Waals surface area contributed by atoms with Crippen LogP contribution in [0.25, 0.3) is 0 Å². The minimum atomic E-state index is -0.248. The number of nitriles is 1. The van der Waals surface area contributed by atoms with Gasteiger partial charge in [0.15, 0.2) is 5.13 Å². The zero-order valence-electron chi connectivity index (χ0n) is 16.9. The van der Waals surface area contributed by atoms with Crippen molar-refractivity contribution in [1.82, 2.24) is 30.4 Å². The lowest BCUT2D eigenvalue weighted by Gasteiger charge is -2.30. The van der Waals surface area contributed by atoms with Crippen molar-refractivity contribution in [2.24, 2.45) is 0 Å². The molecule has 1 fully saturated rings. The van der Waals surface area contributed by atoms with E-state index in [1.807, 2.05) is 18.2 Å². The van der Waals surface area contributed by atoms with E-state index in [-0.39, 0.29) is 5.91 Å². The number of likely N-dealkylation sites (tertiary alicyclic amines) is 1. The van der Waals surface area contributed by atoms with E-state index in [0.717, 1.165) is 37.2 Å². The maximum absolute atomic E-state index is 12.4. The van der Waals surface area contributed by atoms with E-state index in [1.165, 1.54) is 11.3 Å². The molecule has 0 spiro atoms. The van der Waals surface area contributed by atoms with Crippen molar-refractivity contribution >= 4 is 28.2 Å². The molecule has 10 heteroatoms. The molecule has 3 aromatic rings. The van der Waals surface area contributed by atoms with Crippen molar-refractivity contribution < 1.29 is 4.79 Å². The second-order valence-electron chi connectivity index (χ2n) is 7.28. The van der Waals surface area contributed by atoms with Crippen molar-refractivity contribution in [1.29, 1.82) is 5.26 Å². The van der Waals surface area contributed by atoms with E-state index >= 15 is 0 Å². The van der Waals surface area contributed by atoms with Gasteiger partial charge < -0.3 is 10.6 Å². The topological polar surface area (TPSA) is 120 Å². The molecule has 3 aromatic heterocycles. The Morgan fingerprint density at radius 1 is 1.29 bits per heavy atom. The van der Waals surface area contributed by atoms with E-state index in [2.05, 4.69) is 36.8 Å². The summed E-state index contributed by atoms with van der Waals surface area (Å²) in [6, 6.07) is 9.91. The van der Waals surface area contributed by atoms with Gasteiger partial charge in [-0.2, -0.15) is 15.5 Å². The van der Waals surface area contributed by atoms with Gasteiger partial charge in [0.1, 0.15) is 11.5 Å². The fourth-order valence-electron chi connectivity index (χ4n) is 3.53. The number of carbonyl (C=O) groups is 1. The second-order valence-corrected chi connectivity index (χ2v) is 8.13. The molecule has 31 heavy (non-hydrogen) atoms. The molecule has 0 unspecified atom stereocenters. The Morgan fingerprint density at radius 3 is 3.06 bits per heavy atom. The van der Waals surface area contributed by atoms with E-state index in [9.17, 15) is 4.79 Å². The number of piperidine rings is 1. The molecule has 0 aliphatic carbocycles. The molecule has 0 radical (unpaired) electrons. The fourth-order valence-corrected chi connectivity index (χ4v) is 4.23. The molecule has 2 N–H and O–H groups in total. The minimum Gasteiger partial charge on any atom is -0.347 e. The first kappa shape index (κ1) is 20.8. The van der Waals surface area contributed by atoms with Crippen molar-refractivity contribution in [3.63, 3.8) is 0 Å². The molecule has 158 valence electrons. The Labute approximate surface area is 184 Å². The highest BCUT2D eigenvalue weighted by Crippen LogP contribution is 2.27. The largest absolute Gasteiger partial charge is 0.347 e. The number of carbonyl (C=O) groups excluding carboxylic acids is 1. The maximum Gasteiger partial charge on any atom is 0.271 e. The molecule has 1 aliphatic heterocycles. The molecule has 0 bridgehead atoms. The van der Waals surface area contributed by atoms with Crippen molar-refractivity contribution in [3.8, 4) is 6.07 Å². The van der Waals surface area contributed by atoms with Crippen molar-refractivity contribution in [3.05, 3.63) is 59.0 Å². The van der Waals surface area contributed by atoms with Gasteiger partial charge in [-0.3, -0.25) is 9.69 Å². The number of hydrogen-bond donors (Lipinski definition) is 2. The van der Waals surface area contributed by atoms with Crippen LogP contribution in [-0.2, 0) is 6.54 Å². The number of nitrogens with zero attached hydrogens (tertiary/aromatic N) is 6. The van der Waals surface area contributed by atoms with Gasteiger partial charge in [-0.25, -0.2) is 9.97 Å². The van der Waals surface area contributed by atoms with Gasteiger partial charge in [0.25, 0.3) is 5.91 Å². The molecule has 1 saturated heterocycles. The zero-order valence-corrected chi connectivity index (χ0v) is 17.7. The van der Waals surface area contributed by atoms with Crippen LogP contribution in [-0.4, -0.2) is 50.6 Å². The Kier molecular flexibility index (Phi) is 6.76. The maximum atomic E-state index is 12.4. The summed E-state index contributed by atoms with van der Waals surface area (Å²) >= 11 is 1.35. The molecule has 4 rings (SSSR count). The normalized spacial score (nSPS) is 16.4. The average Bonchev–Trinajstić information content (AvgIpc) is 3.27. The standard InChI is InChI=1S/C21H22N8OS/c22-7-10-29-9-2-3-16(13-29)17-4-1-5-19(26-17)28-21-27-18(14-31-21)20(30)23-11-15-6-8-24-25-12-15/h1,4-6,8,12,14,16H,2-3,9-11,13H2,(H,23,30)(H,26,27,28)/t16-/m0/s1. The summed E-state index contributed by atoms with van der Waals surface area (Å²) in [5, 5.41) is 24.8. The Hall–Kier alpha value is -3.42. The van der Waals surface area contributed by atoms with Gasteiger partial charge in [-0.15, -0.1) is 11.3 Å². The fraction of sp³-hybridized carbons (Fsp3) is 0.333. The summed E-state index contributed by atoms with van der Waals surface area (Å²) in [5.74, 6) is 0.755. The summed E-state index contributed by atoms with van der Waals surface area (Å²) in [6.45, 7) is 2.63. The van der Waals surface area contributed by atoms with E-state index in [1.54, 1.807) is 23.8 Å². The highest BCUT2D eigenvalue weighted by atomic mass is 32.1. The van der Waals surface area contributed by atoms with Crippen LogP contribution >= 0.6 is 11.3 Å². The summed E-state index contributed by atoms with van der Waals surface area (Å²) < 4.78 is 0. The van der Waals surface area contributed by atoms with Crippen molar-refractivity contribution in [2.75, 3.05) is 25.0 Å². The third-order valence-electron chi connectivity index (χ3n) is 5.06. The lowest BCUT2D eigenvalue weighted by Crippen LogP contribution is -2.34. The van der Waals surface area contributed by atoms with Crippen LogP contribution in [0.4, 0.5) is 10.9 Å². The van der Waals surface area contributed by atoms with Crippen LogP contribution in [0, 0.1) is 11.3 Å². The first-order chi connectivity index (χ1) is 15.2. The van der Waals surface area contributed by atoms with Crippen LogP contribution in [0.5, 0.6) is 0 Å². The van der Waals surface area contributed by atoms with Gasteiger partial charge in [-0.05, 0) is 43.1 Å². The summed E-state index contributed by atoms with van der Waals surface area (Å²) in [4.78, 5) is 23.7. The number of thiazole rings is 1. The average molecular weight is 435 g/mol. The third kappa shape index (κ3) is 5.59.